The minimum absolute atomic E-state index is 0.154. The number of ether oxygens (including phenoxy) is 1. The van der Waals surface area contributed by atoms with E-state index in [0.717, 1.165) is 43.3 Å². The van der Waals surface area contributed by atoms with Crippen molar-refractivity contribution in [3.8, 4) is 0 Å². The summed E-state index contributed by atoms with van der Waals surface area (Å²) in [6.45, 7) is 5.23. The van der Waals surface area contributed by atoms with Gasteiger partial charge in [-0.3, -0.25) is 4.79 Å². The summed E-state index contributed by atoms with van der Waals surface area (Å²) in [5.41, 5.74) is 9.49. The van der Waals surface area contributed by atoms with E-state index >= 15 is 0 Å². The Balaban J connectivity index is 1.80. The SMILES string of the molecule is CC1=CC(=O)C(N)=CC1=Nc1ccc(N2CCOCC2)cc1. The second kappa shape index (κ2) is 6.15. The van der Waals surface area contributed by atoms with Crippen LogP contribution in [0.15, 0.2) is 52.7 Å². The molecule has 1 aliphatic heterocycles. The third kappa shape index (κ3) is 3.09. The van der Waals surface area contributed by atoms with Crippen molar-refractivity contribution in [2.45, 2.75) is 6.92 Å². The van der Waals surface area contributed by atoms with Crippen LogP contribution in [0.5, 0.6) is 0 Å². The molecule has 3 rings (SSSR count). The number of ketones is 1. The number of hydrogen-bond acceptors (Lipinski definition) is 5. The maximum absolute atomic E-state index is 11.5. The Morgan fingerprint density at radius 2 is 1.82 bits per heavy atom. The van der Waals surface area contributed by atoms with Crippen LogP contribution in [0.3, 0.4) is 0 Å². The summed E-state index contributed by atoms with van der Waals surface area (Å²) in [5.74, 6) is -0.154. The molecule has 0 radical (unpaired) electrons. The number of allylic oxidation sites excluding steroid dienone is 3. The van der Waals surface area contributed by atoms with Crippen molar-refractivity contribution < 1.29 is 9.53 Å². The van der Waals surface area contributed by atoms with E-state index in [9.17, 15) is 4.79 Å². The highest BCUT2D eigenvalue weighted by atomic mass is 16.5. The van der Waals surface area contributed by atoms with Crippen molar-refractivity contribution in [3.05, 3.63) is 47.7 Å². The normalized spacial score (nSPS) is 20.9. The third-order valence-corrected chi connectivity index (χ3v) is 3.80. The quantitative estimate of drug-likeness (QED) is 0.847. The molecule has 2 aliphatic rings. The zero-order chi connectivity index (χ0) is 15.5. The highest BCUT2D eigenvalue weighted by Gasteiger charge is 2.14. The maximum Gasteiger partial charge on any atom is 0.201 e. The Hall–Kier alpha value is -2.40. The van der Waals surface area contributed by atoms with Crippen molar-refractivity contribution >= 4 is 22.9 Å². The molecule has 114 valence electrons. The molecule has 1 heterocycles. The molecule has 5 heteroatoms. The third-order valence-electron chi connectivity index (χ3n) is 3.80. The molecule has 1 aliphatic carbocycles. The minimum Gasteiger partial charge on any atom is -0.396 e. The van der Waals surface area contributed by atoms with Gasteiger partial charge in [0.15, 0.2) is 0 Å². The first kappa shape index (κ1) is 14.5. The van der Waals surface area contributed by atoms with E-state index in [-0.39, 0.29) is 11.5 Å². The van der Waals surface area contributed by atoms with Gasteiger partial charge in [0.25, 0.3) is 0 Å². The maximum atomic E-state index is 11.5. The zero-order valence-corrected chi connectivity index (χ0v) is 12.6. The van der Waals surface area contributed by atoms with Gasteiger partial charge >= 0.3 is 0 Å². The number of carbonyl (C=O) groups is 1. The average molecular weight is 297 g/mol. The standard InChI is InChI=1S/C17H19N3O2/c1-12-10-17(21)15(18)11-16(12)19-13-2-4-14(5-3-13)20-6-8-22-9-7-20/h2-5,10-11H,6-9,18H2,1H3. The van der Waals surface area contributed by atoms with Crippen LogP contribution in [-0.4, -0.2) is 37.8 Å². The predicted octanol–water partition coefficient (Wildman–Crippen LogP) is 1.97. The molecule has 22 heavy (non-hydrogen) atoms. The Labute approximate surface area is 129 Å². The van der Waals surface area contributed by atoms with Crippen LogP contribution in [0.1, 0.15) is 6.92 Å². The van der Waals surface area contributed by atoms with Crippen LogP contribution in [0, 0.1) is 0 Å². The molecule has 0 aromatic heterocycles. The molecule has 0 bridgehead atoms. The van der Waals surface area contributed by atoms with Gasteiger partial charge in [-0.1, -0.05) is 0 Å². The van der Waals surface area contributed by atoms with Gasteiger partial charge in [-0.2, -0.15) is 0 Å². The van der Waals surface area contributed by atoms with Gasteiger partial charge in [0.05, 0.1) is 30.3 Å². The largest absolute Gasteiger partial charge is 0.396 e. The van der Waals surface area contributed by atoms with Gasteiger partial charge in [-0.15, -0.1) is 0 Å². The number of nitrogens with two attached hydrogens (primary N) is 1. The highest BCUT2D eigenvalue weighted by Crippen LogP contribution is 2.22. The second-order valence-corrected chi connectivity index (χ2v) is 5.40. The van der Waals surface area contributed by atoms with Gasteiger partial charge in [-0.05, 0) is 48.9 Å². The van der Waals surface area contributed by atoms with E-state index in [2.05, 4.69) is 22.0 Å². The molecule has 2 N–H and O–H groups in total. The lowest BCUT2D eigenvalue weighted by Gasteiger charge is -2.28. The fraction of sp³-hybridized carbons (Fsp3) is 0.294. The van der Waals surface area contributed by atoms with Crippen LogP contribution in [0.2, 0.25) is 0 Å². The first-order valence-electron chi connectivity index (χ1n) is 7.35. The fourth-order valence-electron chi connectivity index (χ4n) is 2.51. The lowest BCUT2D eigenvalue weighted by atomic mass is 10.0. The van der Waals surface area contributed by atoms with E-state index in [1.54, 1.807) is 6.08 Å². The highest BCUT2D eigenvalue weighted by molar-refractivity contribution is 6.21. The van der Waals surface area contributed by atoms with E-state index in [1.165, 1.54) is 11.8 Å². The van der Waals surface area contributed by atoms with Gasteiger partial charge < -0.3 is 15.4 Å². The molecule has 0 unspecified atom stereocenters. The number of morpholine rings is 1. The molecule has 5 nitrogen and oxygen atoms in total. The van der Waals surface area contributed by atoms with Gasteiger partial charge in [0.1, 0.15) is 0 Å². The fourth-order valence-corrected chi connectivity index (χ4v) is 2.51. The summed E-state index contributed by atoms with van der Waals surface area (Å²) in [5, 5.41) is 0. The van der Waals surface area contributed by atoms with Crippen LogP contribution in [0.25, 0.3) is 0 Å². The zero-order valence-electron chi connectivity index (χ0n) is 12.6. The summed E-state index contributed by atoms with van der Waals surface area (Å²) < 4.78 is 5.36. The van der Waals surface area contributed by atoms with Crippen LogP contribution in [-0.2, 0) is 9.53 Å². The van der Waals surface area contributed by atoms with Crippen LogP contribution in [0.4, 0.5) is 11.4 Å². The van der Waals surface area contributed by atoms with E-state index in [0.29, 0.717) is 0 Å². The number of rotatable bonds is 2. The second-order valence-electron chi connectivity index (χ2n) is 5.40. The summed E-state index contributed by atoms with van der Waals surface area (Å²) in [6.07, 6.45) is 3.16. The summed E-state index contributed by atoms with van der Waals surface area (Å²) in [7, 11) is 0. The Morgan fingerprint density at radius 1 is 1.14 bits per heavy atom. The molecule has 0 spiro atoms. The number of benzene rings is 1. The molecule has 1 fully saturated rings. The monoisotopic (exact) mass is 297 g/mol. The number of hydrogen-bond donors (Lipinski definition) is 1. The first-order chi connectivity index (χ1) is 10.6. The van der Waals surface area contributed by atoms with Gasteiger partial charge in [0, 0.05) is 18.8 Å². The Bertz CT molecular complexity index is 666. The van der Waals surface area contributed by atoms with E-state index in [1.807, 2.05) is 19.1 Å². The smallest absolute Gasteiger partial charge is 0.201 e. The van der Waals surface area contributed by atoms with Crippen molar-refractivity contribution in [2.75, 3.05) is 31.2 Å². The number of carbonyl (C=O) groups excluding carboxylic acids is 1. The summed E-state index contributed by atoms with van der Waals surface area (Å²) in [6, 6.07) is 8.08. The predicted molar refractivity (Wildman–Crippen MR) is 87.6 cm³/mol. The van der Waals surface area contributed by atoms with Crippen molar-refractivity contribution in [1.82, 2.24) is 0 Å². The minimum atomic E-state index is -0.154. The summed E-state index contributed by atoms with van der Waals surface area (Å²) >= 11 is 0. The summed E-state index contributed by atoms with van der Waals surface area (Å²) in [4.78, 5) is 18.3. The Kier molecular flexibility index (Phi) is 4.06. The molecular formula is C17H19N3O2. The van der Waals surface area contributed by atoms with Crippen LogP contribution >= 0.6 is 0 Å². The topological polar surface area (TPSA) is 67.9 Å². The van der Waals surface area contributed by atoms with Crippen molar-refractivity contribution in [1.29, 1.82) is 0 Å². The molecular weight excluding hydrogens is 278 g/mol. The van der Waals surface area contributed by atoms with Crippen molar-refractivity contribution in [3.63, 3.8) is 0 Å². The van der Waals surface area contributed by atoms with Crippen LogP contribution < -0.4 is 10.6 Å². The van der Waals surface area contributed by atoms with E-state index in [4.69, 9.17) is 10.5 Å². The number of aliphatic imine (C=N–C) groups is 1. The molecule has 1 aromatic rings. The first-order valence-corrected chi connectivity index (χ1v) is 7.35. The number of anilines is 1. The van der Waals surface area contributed by atoms with Gasteiger partial charge in [-0.25, -0.2) is 4.99 Å². The molecule has 0 atom stereocenters. The molecule has 0 saturated carbocycles. The average Bonchev–Trinajstić information content (AvgIpc) is 2.54. The molecule has 0 amide bonds. The van der Waals surface area contributed by atoms with Crippen molar-refractivity contribution in [2.24, 2.45) is 10.7 Å². The van der Waals surface area contributed by atoms with E-state index < -0.39 is 0 Å². The lowest BCUT2D eigenvalue weighted by Crippen LogP contribution is -2.36. The molecule has 1 saturated heterocycles. The van der Waals surface area contributed by atoms with Gasteiger partial charge in [0.2, 0.25) is 5.78 Å². The Morgan fingerprint density at radius 3 is 2.50 bits per heavy atom. The number of nitrogens with zero attached hydrogens (tertiary/aromatic N) is 2. The lowest BCUT2D eigenvalue weighted by molar-refractivity contribution is -0.111. The molecule has 1 aromatic carbocycles.